The van der Waals surface area contributed by atoms with Crippen LogP contribution in [0.3, 0.4) is 0 Å². The Morgan fingerprint density at radius 2 is 2.13 bits per heavy atom. The molecule has 0 bridgehead atoms. The lowest BCUT2D eigenvalue weighted by Gasteiger charge is -2.34. The second-order valence-corrected chi connectivity index (χ2v) is 4.03. The van der Waals surface area contributed by atoms with Crippen LogP contribution in [0.25, 0.3) is 0 Å². The summed E-state index contributed by atoms with van der Waals surface area (Å²) in [5.41, 5.74) is 5.21. The summed E-state index contributed by atoms with van der Waals surface area (Å²) in [6.07, 6.45) is -4.12. The fraction of sp³-hybridized carbons (Fsp3) is 1.00. The van der Waals surface area contributed by atoms with E-state index in [1.54, 1.807) is 4.90 Å². The Balaban J connectivity index is 2.42. The lowest BCUT2D eigenvalue weighted by molar-refractivity contribution is -0.187. The summed E-state index contributed by atoms with van der Waals surface area (Å²) >= 11 is 0. The highest BCUT2D eigenvalue weighted by Crippen LogP contribution is 2.32. The summed E-state index contributed by atoms with van der Waals surface area (Å²) in [5.74, 6) is -1.25. The average Bonchev–Trinajstić information content (AvgIpc) is 2.17. The van der Waals surface area contributed by atoms with Crippen LogP contribution < -0.4 is 5.73 Å². The average molecular weight is 226 g/mol. The number of likely N-dealkylation sites (tertiary alicyclic amines) is 1. The molecule has 1 fully saturated rings. The van der Waals surface area contributed by atoms with Gasteiger partial charge in [0.05, 0.1) is 12.0 Å². The molecule has 3 nitrogen and oxygen atoms in total. The second kappa shape index (κ2) is 5.14. The first-order valence-electron chi connectivity index (χ1n) is 5.10. The maximum atomic E-state index is 12.4. The predicted molar refractivity (Wildman–Crippen MR) is 50.3 cm³/mol. The van der Waals surface area contributed by atoms with Crippen LogP contribution in [-0.2, 0) is 0 Å². The van der Waals surface area contributed by atoms with Crippen molar-refractivity contribution in [1.29, 1.82) is 0 Å². The van der Waals surface area contributed by atoms with Crippen LogP contribution in [-0.4, -0.2) is 48.5 Å². The number of β-amino-alcohol motifs (C(OH)–C–C–N with tert-alkyl or cyclic N) is 1. The van der Waals surface area contributed by atoms with Gasteiger partial charge >= 0.3 is 6.18 Å². The third kappa shape index (κ3) is 3.96. The molecule has 0 aromatic rings. The number of alkyl halides is 3. The highest BCUT2D eigenvalue weighted by molar-refractivity contribution is 4.79. The number of nitrogens with zero attached hydrogens (tertiary/aromatic N) is 1. The minimum Gasteiger partial charge on any atom is -0.390 e. The van der Waals surface area contributed by atoms with Gasteiger partial charge in [0.1, 0.15) is 0 Å². The van der Waals surface area contributed by atoms with E-state index in [-0.39, 0.29) is 26.1 Å². The van der Waals surface area contributed by atoms with E-state index >= 15 is 0 Å². The van der Waals surface area contributed by atoms with Crippen LogP contribution in [0.5, 0.6) is 0 Å². The van der Waals surface area contributed by atoms with Crippen LogP contribution in [0, 0.1) is 5.92 Å². The normalized spacial score (nSPS) is 26.6. The number of rotatable bonds is 3. The van der Waals surface area contributed by atoms with Crippen molar-refractivity contribution in [2.75, 3.05) is 26.2 Å². The van der Waals surface area contributed by atoms with Crippen LogP contribution in [0.2, 0.25) is 0 Å². The molecule has 3 N–H and O–H groups in total. The van der Waals surface area contributed by atoms with Crippen molar-refractivity contribution in [2.24, 2.45) is 11.7 Å². The molecule has 90 valence electrons. The molecule has 0 aromatic carbocycles. The Labute approximate surface area is 87.0 Å². The molecule has 0 radical (unpaired) electrons. The maximum absolute atomic E-state index is 12.4. The molecule has 1 aliphatic heterocycles. The summed E-state index contributed by atoms with van der Waals surface area (Å²) in [6, 6.07) is 0. The molecule has 0 aromatic heterocycles. The minimum absolute atomic E-state index is 0.0133. The molecule has 0 spiro atoms. The molecule has 1 saturated heterocycles. The molecule has 0 amide bonds. The van der Waals surface area contributed by atoms with Gasteiger partial charge in [0, 0.05) is 19.6 Å². The first-order valence-corrected chi connectivity index (χ1v) is 5.10. The summed E-state index contributed by atoms with van der Waals surface area (Å²) < 4.78 is 37.3. The first kappa shape index (κ1) is 12.7. The molecule has 1 aliphatic rings. The Hall–Kier alpha value is -0.330. The van der Waals surface area contributed by atoms with E-state index in [2.05, 4.69) is 0 Å². The molecular formula is C9H17F3N2O. The number of aliphatic hydroxyl groups excluding tert-OH is 1. The summed E-state index contributed by atoms with van der Waals surface area (Å²) in [4.78, 5) is 1.64. The molecule has 0 saturated carbocycles. The van der Waals surface area contributed by atoms with Gasteiger partial charge in [-0.1, -0.05) is 0 Å². The molecule has 1 rings (SSSR count). The van der Waals surface area contributed by atoms with E-state index in [4.69, 9.17) is 5.73 Å². The van der Waals surface area contributed by atoms with E-state index in [9.17, 15) is 18.3 Å². The molecule has 1 heterocycles. The molecule has 2 atom stereocenters. The molecule has 6 heteroatoms. The monoisotopic (exact) mass is 226 g/mol. The van der Waals surface area contributed by atoms with Crippen molar-refractivity contribution < 1.29 is 18.3 Å². The summed E-state index contributed by atoms with van der Waals surface area (Å²) in [6.45, 7) is 0.931. The van der Waals surface area contributed by atoms with Gasteiger partial charge in [0.15, 0.2) is 0 Å². The highest BCUT2D eigenvalue weighted by atomic mass is 19.4. The van der Waals surface area contributed by atoms with Gasteiger partial charge in [-0.25, -0.2) is 0 Å². The number of aliphatic hydroxyl groups is 1. The third-order valence-corrected chi connectivity index (χ3v) is 2.71. The Morgan fingerprint density at radius 1 is 1.47 bits per heavy atom. The van der Waals surface area contributed by atoms with Gasteiger partial charge < -0.3 is 15.7 Å². The molecular weight excluding hydrogens is 209 g/mol. The van der Waals surface area contributed by atoms with Crippen LogP contribution in [0.15, 0.2) is 0 Å². The Bertz CT molecular complexity index is 198. The lowest BCUT2D eigenvalue weighted by atomic mass is 9.97. The zero-order chi connectivity index (χ0) is 11.5. The van der Waals surface area contributed by atoms with Gasteiger partial charge in [-0.3, -0.25) is 0 Å². The standard InChI is InChI=1S/C9H17F3N2O/c10-9(11,12)7-2-1-3-14(5-7)6-8(15)4-13/h7-8,15H,1-6,13H2. The predicted octanol–water partition coefficient (Wildman–Crippen LogP) is 0.580. The highest BCUT2D eigenvalue weighted by Gasteiger charge is 2.41. The number of halogens is 3. The third-order valence-electron chi connectivity index (χ3n) is 2.71. The van der Waals surface area contributed by atoms with E-state index in [1.807, 2.05) is 0 Å². The summed E-state index contributed by atoms with van der Waals surface area (Å²) in [5, 5.41) is 9.25. The van der Waals surface area contributed by atoms with Crippen molar-refractivity contribution >= 4 is 0 Å². The van der Waals surface area contributed by atoms with Gasteiger partial charge in [-0.2, -0.15) is 13.2 Å². The quantitative estimate of drug-likeness (QED) is 0.740. The van der Waals surface area contributed by atoms with Gasteiger partial charge in [0.2, 0.25) is 0 Å². The largest absolute Gasteiger partial charge is 0.393 e. The van der Waals surface area contributed by atoms with Gasteiger partial charge in [-0.05, 0) is 19.4 Å². The van der Waals surface area contributed by atoms with E-state index in [0.29, 0.717) is 13.0 Å². The van der Waals surface area contributed by atoms with Crippen molar-refractivity contribution in [3.8, 4) is 0 Å². The van der Waals surface area contributed by atoms with Crippen molar-refractivity contribution in [3.05, 3.63) is 0 Å². The van der Waals surface area contributed by atoms with Crippen LogP contribution in [0.4, 0.5) is 13.2 Å². The van der Waals surface area contributed by atoms with Crippen molar-refractivity contribution in [3.63, 3.8) is 0 Å². The zero-order valence-corrected chi connectivity index (χ0v) is 8.50. The first-order chi connectivity index (χ1) is 6.93. The van der Waals surface area contributed by atoms with Gasteiger partial charge in [0.25, 0.3) is 0 Å². The number of hydrogen-bond acceptors (Lipinski definition) is 3. The smallest absolute Gasteiger partial charge is 0.390 e. The van der Waals surface area contributed by atoms with Crippen LogP contribution >= 0.6 is 0 Å². The maximum Gasteiger partial charge on any atom is 0.393 e. The second-order valence-electron chi connectivity index (χ2n) is 4.03. The van der Waals surface area contributed by atoms with Crippen molar-refractivity contribution in [2.45, 2.75) is 25.1 Å². The number of piperidine rings is 1. The van der Waals surface area contributed by atoms with Crippen LogP contribution in [0.1, 0.15) is 12.8 Å². The van der Waals surface area contributed by atoms with E-state index in [1.165, 1.54) is 0 Å². The summed E-state index contributed by atoms with van der Waals surface area (Å²) in [7, 11) is 0. The number of hydrogen-bond donors (Lipinski definition) is 2. The molecule has 2 unspecified atom stereocenters. The number of nitrogens with two attached hydrogens (primary N) is 1. The fourth-order valence-electron chi connectivity index (χ4n) is 1.86. The SMILES string of the molecule is NCC(O)CN1CCCC(C(F)(F)F)C1. The van der Waals surface area contributed by atoms with Gasteiger partial charge in [-0.15, -0.1) is 0 Å². The minimum atomic E-state index is -4.12. The Morgan fingerprint density at radius 3 is 2.67 bits per heavy atom. The van der Waals surface area contributed by atoms with E-state index < -0.39 is 18.2 Å². The fourth-order valence-corrected chi connectivity index (χ4v) is 1.86. The van der Waals surface area contributed by atoms with E-state index in [0.717, 1.165) is 0 Å². The van der Waals surface area contributed by atoms with Crippen molar-refractivity contribution in [1.82, 2.24) is 4.90 Å². The molecule has 0 aliphatic carbocycles. The Kier molecular flexibility index (Phi) is 4.36. The topological polar surface area (TPSA) is 49.5 Å². The molecule has 15 heavy (non-hydrogen) atoms. The lowest BCUT2D eigenvalue weighted by Crippen LogP contribution is -2.45. The zero-order valence-electron chi connectivity index (χ0n) is 8.50.